The molecule has 0 saturated carbocycles. The number of guanidine groups is 1. The zero-order valence-electron chi connectivity index (χ0n) is 19.1. The van der Waals surface area contributed by atoms with E-state index in [2.05, 4.69) is 53.6 Å². The van der Waals surface area contributed by atoms with E-state index in [0.717, 1.165) is 48.0 Å². The molecule has 1 atom stereocenters. The summed E-state index contributed by atoms with van der Waals surface area (Å²) in [4.78, 5) is 4.39. The third-order valence-corrected chi connectivity index (χ3v) is 5.51. The van der Waals surface area contributed by atoms with E-state index in [0.29, 0.717) is 19.7 Å². The summed E-state index contributed by atoms with van der Waals surface area (Å²) in [7, 11) is 3.80. The van der Waals surface area contributed by atoms with Crippen LogP contribution in [0.5, 0.6) is 11.5 Å². The summed E-state index contributed by atoms with van der Waals surface area (Å²) in [6.07, 6.45) is 3.02. The molecule has 0 saturated heterocycles. The number of nitrogens with one attached hydrogen (secondary N) is 2. The molecule has 1 aromatic carbocycles. The van der Waals surface area contributed by atoms with E-state index in [1.807, 2.05) is 18.7 Å². The Morgan fingerprint density at radius 2 is 2.00 bits per heavy atom. The molecule has 164 valence electrons. The van der Waals surface area contributed by atoms with Gasteiger partial charge in [0.25, 0.3) is 0 Å². The molecular formula is C23H35N5O2. The van der Waals surface area contributed by atoms with E-state index in [1.54, 1.807) is 7.05 Å². The van der Waals surface area contributed by atoms with Gasteiger partial charge in [0.15, 0.2) is 5.96 Å². The van der Waals surface area contributed by atoms with Gasteiger partial charge in [-0.1, -0.05) is 13.8 Å². The van der Waals surface area contributed by atoms with Crippen LogP contribution in [0.15, 0.2) is 17.1 Å². The maximum atomic E-state index is 5.93. The first-order chi connectivity index (χ1) is 14.5. The minimum Gasteiger partial charge on any atom is -0.494 e. The molecule has 2 N–H and O–H groups in total. The Hall–Kier alpha value is -2.70. The maximum absolute atomic E-state index is 5.93. The fraction of sp³-hybridized carbons (Fsp3) is 0.565. The number of aromatic nitrogens is 2. The molecule has 0 amide bonds. The fourth-order valence-corrected chi connectivity index (χ4v) is 4.08. The first kappa shape index (κ1) is 22.0. The summed E-state index contributed by atoms with van der Waals surface area (Å²) in [6.45, 7) is 10.3. The first-order valence-electron chi connectivity index (χ1n) is 10.9. The van der Waals surface area contributed by atoms with Crippen molar-refractivity contribution in [1.82, 2.24) is 20.4 Å². The average molecular weight is 414 g/mol. The number of aryl methyl sites for hydroxylation is 2. The van der Waals surface area contributed by atoms with Gasteiger partial charge in [-0.15, -0.1) is 0 Å². The molecule has 7 heteroatoms. The Bertz CT molecular complexity index is 903. The molecule has 0 spiro atoms. The van der Waals surface area contributed by atoms with Gasteiger partial charge in [0.05, 0.1) is 12.3 Å². The molecule has 7 nitrogen and oxygen atoms in total. The first-order valence-corrected chi connectivity index (χ1v) is 10.9. The Kier molecular flexibility index (Phi) is 7.24. The maximum Gasteiger partial charge on any atom is 0.191 e. The Morgan fingerprint density at radius 3 is 2.67 bits per heavy atom. The summed E-state index contributed by atoms with van der Waals surface area (Å²) in [5, 5.41) is 11.5. The number of ether oxygens (including phenoxy) is 2. The predicted octanol–water partition coefficient (Wildman–Crippen LogP) is 3.13. The normalized spacial score (nSPS) is 15.7. The van der Waals surface area contributed by atoms with Crippen molar-refractivity contribution in [1.29, 1.82) is 0 Å². The van der Waals surface area contributed by atoms with Gasteiger partial charge in [-0.05, 0) is 38.8 Å². The van der Waals surface area contributed by atoms with Crippen LogP contribution in [0, 0.1) is 0 Å². The highest BCUT2D eigenvalue weighted by Crippen LogP contribution is 2.35. The number of fused-ring (bicyclic) bond motifs is 1. The molecule has 30 heavy (non-hydrogen) atoms. The van der Waals surface area contributed by atoms with Crippen LogP contribution in [-0.2, 0) is 39.4 Å². The molecule has 1 aliphatic heterocycles. The molecule has 3 rings (SSSR count). The summed E-state index contributed by atoms with van der Waals surface area (Å²) in [5.41, 5.74) is 5.95. The van der Waals surface area contributed by atoms with Crippen molar-refractivity contribution in [2.75, 3.05) is 13.7 Å². The lowest BCUT2D eigenvalue weighted by Gasteiger charge is -2.16. The molecule has 1 aromatic heterocycles. The highest BCUT2D eigenvalue weighted by Gasteiger charge is 2.22. The third kappa shape index (κ3) is 4.71. The Morgan fingerprint density at radius 1 is 1.23 bits per heavy atom. The molecule has 2 heterocycles. The van der Waals surface area contributed by atoms with E-state index < -0.39 is 0 Å². The average Bonchev–Trinajstić information content (AvgIpc) is 3.25. The van der Waals surface area contributed by atoms with Crippen molar-refractivity contribution in [2.24, 2.45) is 12.0 Å². The van der Waals surface area contributed by atoms with Crippen LogP contribution in [0.3, 0.4) is 0 Å². The highest BCUT2D eigenvalue weighted by atomic mass is 16.5. The number of hydrogen-bond acceptors (Lipinski definition) is 4. The Labute approximate surface area is 179 Å². The third-order valence-electron chi connectivity index (χ3n) is 5.51. The van der Waals surface area contributed by atoms with Crippen molar-refractivity contribution in [3.63, 3.8) is 0 Å². The SMILES string of the molecule is CCOc1cc2c(cc1CNC(=NC)NCc1c(CC)nn(C)c1CC)OC(C)C2. The summed E-state index contributed by atoms with van der Waals surface area (Å²) < 4.78 is 13.8. The second-order valence-corrected chi connectivity index (χ2v) is 7.62. The number of benzene rings is 1. The van der Waals surface area contributed by atoms with Crippen LogP contribution < -0.4 is 20.1 Å². The lowest BCUT2D eigenvalue weighted by Crippen LogP contribution is -2.36. The molecule has 0 bridgehead atoms. The van der Waals surface area contributed by atoms with Gasteiger partial charge < -0.3 is 20.1 Å². The molecule has 1 aliphatic rings. The predicted molar refractivity (Wildman–Crippen MR) is 120 cm³/mol. The van der Waals surface area contributed by atoms with Crippen molar-refractivity contribution in [3.05, 3.63) is 40.2 Å². The van der Waals surface area contributed by atoms with Gasteiger partial charge >= 0.3 is 0 Å². The van der Waals surface area contributed by atoms with E-state index >= 15 is 0 Å². The summed E-state index contributed by atoms with van der Waals surface area (Å²) >= 11 is 0. The Balaban J connectivity index is 1.69. The smallest absolute Gasteiger partial charge is 0.191 e. The molecular weight excluding hydrogens is 378 g/mol. The van der Waals surface area contributed by atoms with Crippen LogP contribution in [0.2, 0.25) is 0 Å². The molecule has 0 aliphatic carbocycles. The van der Waals surface area contributed by atoms with Crippen molar-refractivity contribution in [3.8, 4) is 11.5 Å². The van der Waals surface area contributed by atoms with Crippen molar-refractivity contribution < 1.29 is 9.47 Å². The van der Waals surface area contributed by atoms with Crippen molar-refractivity contribution >= 4 is 5.96 Å². The zero-order valence-corrected chi connectivity index (χ0v) is 19.1. The summed E-state index contributed by atoms with van der Waals surface area (Å²) in [5.74, 6) is 2.62. The highest BCUT2D eigenvalue weighted by molar-refractivity contribution is 5.79. The molecule has 0 radical (unpaired) electrons. The van der Waals surface area contributed by atoms with Gasteiger partial charge in [0.1, 0.15) is 17.6 Å². The van der Waals surface area contributed by atoms with E-state index in [-0.39, 0.29) is 6.10 Å². The second-order valence-electron chi connectivity index (χ2n) is 7.62. The quantitative estimate of drug-likeness (QED) is 0.514. The monoisotopic (exact) mass is 413 g/mol. The molecule has 0 fully saturated rings. The minimum atomic E-state index is 0.215. The van der Waals surface area contributed by atoms with E-state index in [4.69, 9.17) is 9.47 Å². The lowest BCUT2D eigenvalue weighted by atomic mass is 10.1. The van der Waals surface area contributed by atoms with Gasteiger partial charge in [-0.3, -0.25) is 9.67 Å². The summed E-state index contributed by atoms with van der Waals surface area (Å²) in [6, 6.07) is 4.21. The largest absolute Gasteiger partial charge is 0.494 e. The van der Waals surface area contributed by atoms with Gasteiger partial charge in [-0.25, -0.2) is 0 Å². The number of rotatable bonds is 8. The number of hydrogen-bond donors (Lipinski definition) is 2. The topological polar surface area (TPSA) is 72.7 Å². The molecule has 2 aromatic rings. The van der Waals surface area contributed by atoms with E-state index in [1.165, 1.54) is 16.8 Å². The second kappa shape index (κ2) is 9.87. The van der Waals surface area contributed by atoms with E-state index in [9.17, 15) is 0 Å². The van der Waals surface area contributed by atoms with Crippen LogP contribution in [-0.4, -0.2) is 35.5 Å². The number of aliphatic imine (C=N–C) groups is 1. The van der Waals surface area contributed by atoms with Crippen LogP contribution in [0.1, 0.15) is 55.8 Å². The fourth-order valence-electron chi connectivity index (χ4n) is 4.08. The van der Waals surface area contributed by atoms with Crippen LogP contribution >= 0.6 is 0 Å². The lowest BCUT2D eigenvalue weighted by molar-refractivity contribution is 0.254. The standard InChI is InChI=1S/C23H35N5O2/c1-7-19-18(20(8-2)28(6)27-19)14-26-23(24-5)25-13-17-12-22-16(10-15(4)30-22)11-21(17)29-9-3/h11-12,15H,7-10,13-14H2,1-6H3,(H2,24,25,26). The van der Waals surface area contributed by atoms with Crippen LogP contribution in [0.25, 0.3) is 0 Å². The minimum absolute atomic E-state index is 0.215. The zero-order chi connectivity index (χ0) is 21.7. The van der Waals surface area contributed by atoms with Crippen LogP contribution in [0.4, 0.5) is 0 Å². The van der Waals surface area contributed by atoms with Gasteiger partial charge in [0, 0.05) is 56.0 Å². The number of nitrogens with zero attached hydrogens (tertiary/aromatic N) is 3. The van der Waals surface area contributed by atoms with Gasteiger partial charge in [-0.2, -0.15) is 5.10 Å². The van der Waals surface area contributed by atoms with Gasteiger partial charge in [0.2, 0.25) is 0 Å². The van der Waals surface area contributed by atoms with Crippen molar-refractivity contribution in [2.45, 2.75) is 66.2 Å². The molecule has 1 unspecified atom stereocenters.